The highest BCUT2D eigenvalue weighted by molar-refractivity contribution is 6.59. The fourth-order valence-electron chi connectivity index (χ4n) is 3.40. The lowest BCUT2D eigenvalue weighted by molar-refractivity contribution is 0.0885. The summed E-state index contributed by atoms with van der Waals surface area (Å²) in [7, 11) is -3.08. The van der Waals surface area contributed by atoms with Crippen LogP contribution in [0.2, 0.25) is 5.82 Å². The molecule has 0 spiro atoms. The number of fused-ring (bicyclic) bond motifs is 2. The largest absolute Gasteiger partial charge is 0.556 e. The van der Waals surface area contributed by atoms with Gasteiger partial charge >= 0.3 is 7.27 Å². The van der Waals surface area contributed by atoms with Gasteiger partial charge in [-0.1, -0.05) is 66.7 Å². The van der Waals surface area contributed by atoms with E-state index in [0.717, 1.165) is 21.5 Å². The Morgan fingerprint density at radius 2 is 1.14 bits per heavy atom. The third-order valence-corrected chi connectivity index (χ3v) is 4.86. The van der Waals surface area contributed by atoms with Crippen molar-refractivity contribution in [2.75, 3.05) is 0 Å². The molecule has 1 atom stereocenters. The van der Waals surface area contributed by atoms with Gasteiger partial charge in [0, 0.05) is 11.1 Å². The Morgan fingerprint density at radius 3 is 1.79 bits per heavy atom. The van der Waals surface area contributed by atoms with Crippen LogP contribution in [0.15, 0.2) is 84.9 Å². The molecule has 28 heavy (non-hydrogen) atoms. The maximum Gasteiger partial charge on any atom is 0.556 e. The van der Waals surface area contributed by atoms with Crippen LogP contribution in [-0.4, -0.2) is 18.8 Å². The summed E-state index contributed by atoms with van der Waals surface area (Å²) in [5, 5.41) is 3.71. The van der Waals surface area contributed by atoms with Crippen molar-refractivity contribution in [1.82, 2.24) is 0 Å². The number of carbonyl (C=O) groups excluding carboxylic acids is 2. The average molecular weight is 372 g/mol. The average Bonchev–Trinajstić information content (AvgIpc) is 2.72. The predicted molar refractivity (Wildman–Crippen MR) is 108 cm³/mol. The van der Waals surface area contributed by atoms with Gasteiger partial charge in [0.05, 0.1) is 0 Å². The molecule has 4 rings (SSSR count). The van der Waals surface area contributed by atoms with Crippen LogP contribution in [-0.2, 0) is 0 Å². The Morgan fingerprint density at radius 1 is 0.607 bits per heavy atom. The quantitative estimate of drug-likeness (QED) is 0.190. The van der Waals surface area contributed by atoms with Crippen LogP contribution in [0.25, 0.3) is 21.5 Å². The predicted octanol–water partition coefficient (Wildman–Crippen LogP) is 5.86. The van der Waals surface area contributed by atoms with Crippen molar-refractivity contribution in [2.45, 2.75) is 5.82 Å². The standard InChI is InChI=1S/C23H15BF2O2/c25-24(26)21(22(27)15-6-2-1-3-7-15)23(28)19-11-10-18-12-16-8-4-5-9-17(16)13-20(18)14-19/h1-14,21H. The fourth-order valence-corrected chi connectivity index (χ4v) is 3.40. The molecule has 0 radical (unpaired) electrons. The van der Waals surface area contributed by atoms with E-state index in [0.29, 0.717) is 0 Å². The molecule has 4 aromatic carbocycles. The highest BCUT2D eigenvalue weighted by Gasteiger charge is 2.41. The van der Waals surface area contributed by atoms with Crippen molar-refractivity contribution in [3.8, 4) is 0 Å². The van der Waals surface area contributed by atoms with Gasteiger partial charge in [0.2, 0.25) is 0 Å². The van der Waals surface area contributed by atoms with Gasteiger partial charge in [-0.2, -0.15) is 0 Å². The maximum atomic E-state index is 13.7. The Balaban J connectivity index is 1.75. The highest BCUT2D eigenvalue weighted by Crippen LogP contribution is 2.28. The van der Waals surface area contributed by atoms with E-state index in [1.807, 2.05) is 36.4 Å². The molecule has 0 N–H and O–H groups in total. The van der Waals surface area contributed by atoms with Crippen molar-refractivity contribution < 1.29 is 18.2 Å². The van der Waals surface area contributed by atoms with E-state index in [2.05, 4.69) is 0 Å². The Kier molecular flexibility index (Phi) is 4.74. The van der Waals surface area contributed by atoms with Gasteiger partial charge in [0.15, 0.2) is 11.6 Å². The van der Waals surface area contributed by atoms with Crippen molar-refractivity contribution in [1.29, 1.82) is 0 Å². The van der Waals surface area contributed by atoms with E-state index < -0.39 is 24.7 Å². The van der Waals surface area contributed by atoms with E-state index in [9.17, 15) is 18.2 Å². The molecule has 0 heterocycles. The molecule has 0 saturated carbocycles. The second kappa shape index (κ2) is 7.35. The molecule has 0 aliphatic heterocycles. The molecule has 0 aromatic heterocycles. The highest BCUT2D eigenvalue weighted by atomic mass is 19.2. The number of carbonyl (C=O) groups is 2. The first kappa shape index (κ1) is 18.0. The lowest BCUT2D eigenvalue weighted by Gasteiger charge is -2.13. The van der Waals surface area contributed by atoms with E-state index >= 15 is 0 Å². The zero-order valence-corrected chi connectivity index (χ0v) is 14.8. The molecule has 5 heteroatoms. The van der Waals surface area contributed by atoms with Crippen LogP contribution in [0.4, 0.5) is 8.63 Å². The number of hydrogen-bond donors (Lipinski definition) is 0. The fraction of sp³-hybridized carbons (Fsp3) is 0.0435. The summed E-state index contributed by atoms with van der Waals surface area (Å²) in [4.78, 5) is 25.3. The first-order valence-corrected chi connectivity index (χ1v) is 8.89. The van der Waals surface area contributed by atoms with E-state index in [-0.39, 0.29) is 11.1 Å². The van der Waals surface area contributed by atoms with E-state index in [1.54, 1.807) is 30.3 Å². The van der Waals surface area contributed by atoms with Gasteiger partial charge in [-0.25, -0.2) is 0 Å². The van der Waals surface area contributed by atoms with Gasteiger partial charge in [-0.15, -0.1) is 0 Å². The van der Waals surface area contributed by atoms with Gasteiger partial charge in [0.1, 0.15) is 5.82 Å². The third-order valence-electron chi connectivity index (χ3n) is 4.86. The molecule has 0 aliphatic carbocycles. The number of rotatable bonds is 5. The molecule has 4 aromatic rings. The minimum absolute atomic E-state index is 0.105. The molecule has 1 unspecified atom stereocenters. The molecule has 0 bridgehead atoms. The third kappa shape index (κ3) is 3.31. The zero-order valence-electron chi connectivity index (χ0n) is 14.8. The normalized spacial score (nSPS) is 12.1. The Hall–Kier alpha value is -3.34. The second-order valence-corrected chi connectivity index (χ2v) is 6.67. The van der Waals surface area contributed by atoms with E-state index in [4.69, 9.17) is 0 Å². The van der Waals surface area contributed by atoms with Crippen molar-refractivity contribution in [2.24, 2.45) is 0 Å². The van der Waals surface area contributed by atoms with Crippen molar-refractivity contribution >= 4 is 40.4 Å². The molecule has 0 amide bonds. The summed E-state index contributed by atoms with van der Waals surface area (Å²) in [5.41, 5.74) is 0.213. The van der Waals surface area contributed by atoms with Crippen LogP contribution in [0.1, 0.15) is 20.7 Å². The monoisotopic (exact) mass is 372 g/mol. The first-order chi connectivity index (χ1) is 13.5. The summed E-state index contributed by atoms with van der Waals surface area (Å²) in [5.74, 6) is -3.74. The summed E-state index contributed by atoms with van der Waals surface area (Å²) in [6.07, 6.45) is 0. The minimum atomic E-state index is -3.08. The smallest absolute Gasteiger partial charge is 0.294 e. The minimum Gasteiger partial charge on any atom is -0.294 e. The molecular formula is C23H15BF2O2. The van der Waals surface area contributed by atoms with Crippen molar-refractivity contribution in [3.05, 3.63) is 96.1 Å². The summed E-state index contributed by atoms with van der Waals surface area (Å²) >= 11 is 0. The molecule has 2 nitrogen and oxygen atoms in total. The maximum absolute atomic E-state index is 13.7. The number of halogens is 2. The van der Waals surface area contributed by atoms with Gasteiger partial charge in [-0.05, 0) is 39.7 Å². The summed E-state index contributed by atoms with van der Waals surface area (Å²) in [6.45, 7) is 0. The molecule has 136 valence electrons. The Labute approximate surface area is 161 Å². The molecular weight excluding hydrogens is 357 g/mol. The first-order valence-electron chi connectivity index (χ1n) is 8.89. The van der Waals surface area contributed by atoms with Crippen LogP contribution in [0.5, 0.6) is 0 Å². The lowest BCUT2D eigenvalue weighted by atomic mass is 9.69. The SMILES string of the molecule is O=C(c1ccccc1)C(B(F)F)C(=O)c1ccc2cc3ccccc3cc2c1. The second-order valence-electron chi connectivity index (χ2n) is 6.67. The van der Waals surface area contributed by atoms with Gasteiger partial charge < -0.3 is 0 Å². The number of ketones is 2. The lowest BCUT2D eigenvalue weighted by Crippen LogP contribution is -2.28. The van der Waals surface area contributed by atoms with Crippen molar-refractivity contribution in [3.63, 3.8) is 0 Å². The molecule has 0 saturated heterocycles. The summed E-state index contributed by atoms with van der Waals surface area (Å²) < 4.78 is 27.3. The molecule has 0 fully saturated rings. The Bertz CT molecular complexity index is 1190. The topological polar surface area (TPSA) is 34.1 Å². The molecule has 0 aliphatic rings. The number of Topliss-reactive ketones (excluding diaryl/α,β-unsaturated/α-hetero) is 2. The van der Waals surface area contributed by atoms with Crippen LogP contribution < -0.4 is 0 Å². The zero-order chi connectivity index (χ0) is 19.7. The summed E-state index contributed by atoms with van der Waals surface area (Å²) in [6, 6.07) is 24.2. The van der Waals surface area contributed by atoms with Crippen LogP contribution in [0.3, 0.4) is 0 Å². The van der Waals surface area contributed by atoms with Crippen LogP contribution in [0, 0.1) is 0 Å². The van der Waals surface area contributed by atoms with Gasteiger partial charge in [-0.3, -0.25) is 18.2 Å². The number of benzene rings is 4. The number of hydrogen-bond acceptors (Lipinski definition) is 2. The van der Waals surface area contributed by atoms with Crippen LogP contribution >= 0.6 is 0 Å². The van der Waals surface area contributed by atoms with E-state index in [1.165, 1.54) is 18.2 Å². The van der Waals surface area contributed by atoms with Gasteiger partial charge in [0.25, 0.3) is 0 Å².